The van der Waals surface area contributed by atoms with E-state index in [-0.39, 0.29) is 5.41 Å². The van der Waals surface area contributed by atoms with E-state index in [2.05, 4.69) is 225 Å². The van der Waals surface area contributed by atoms with Crippen LogP contribution in [0.25, 0.3) is 88.0 Å². The molecule has 1 heterocycles. The van der Waals surface area contributed by atoms with Crippen molar-refractivity contribution in [3.63, 3.8) is 0 Å². The van der Waals surface area contributed by atoms with Crippen LogP contribution in [-0.2, 0) is 5.41 Å². The normalized spacial score (nSPS) is 12.9. The fourth-order valence-electron chi connectivity index (χ4n) is 10.2. The summed E-state index contributed by atoms with van der Waals surface area (Å²) < 4.78 is 6.51. The first-order valence-corrected chi connectivity index (χ1v) is 21.2. The molecule has 0 radical (unpaired) electrons. The van der Waals surface area contributed by atoms with Crippen molar-refractivity contribution in [2.75, 3.05) is 4.90 Å². The molecule has 1 aliphatic carbocycles. The van der Waals surface area contributed by atoms with E-state index in [1.54, 1.807) is 0 Å². The Bertz CT molecular complexity index is 3500. The molecule has 12 rings (SSSR count). The molecule has 61 heavy (non-hydrogen) atoms. The van der Waals surface area contributed by atoms with E-state index in [9.17, 15) is 0 Å². The van der Waals surface area contributed by atoms with Gasteiger partial charge in [0, 0.05) is 38.7 Å². The Morgan fingerprint density at radius 1 is 0.377 bits per heavy atom. The number of benzene rings is 10. The summed E-state index contributed by atoms with van der Waals surface area (Å²) >= 11 is 0. The van der Waals surface area contributed by atoms with Crippen LogP contribution in [0.15, 0.2) is 217 Å². The summed E-state index contributed by atoms with van der Waals surface area (Å²) in [6.45, 7) is 4.72. The Hall–Kier alpha value is -7.68. The number of rotatable bonds is 6. The predicted octanol–water partition coefficient (Wildman–Crippen LogP) is 16.7. The Kier molecular flexibility index (Phi) is 7.92. The molecule has 0 N–H and O–H groups in total. The van der Waals surface area contributed by atoms with Crippen LogP contribution < -0.4 is 4.90 Å². The molecule has 10 aromatic carbocycles. The second-order valence-electron chi connectivity index (χ2n) is 16.8. The molecule has 0 fully saturated rings. The summed E-state index contributed by atoms with van der Waals surface area (Å²) in [7, 11) is 0. The lowest BCUT2D eigenvalue weighted by atomic mass is 9.82. The van der Waals surface area contributed by atoms with Gasteiger partial charge >= 0.3 is 0 Å². The highest BCUT2D eigenvalue weighted by atomic mass is 16.3. The molecule has 2 heteroatoms. The van der Waals surface area contributed by atoms with Gasteiger partial charge in [0.1, 0.15) is 11.2 Å². The van der Waals surface area contributed by atoms with Crippen LogP contribution in [0.5, 0.6) is 0 Å². The summed E-state index contributed by atoms with van der Waals surface area (Å²) in [5, 5.41) is 7.26. The van der Waals surface area contributed by atoms with Crippen LogP contribution in [0, 0.1) is 0 Å². The van der Waals surface area contributed by atoms with Crippen molar-refractivity contribution >= 4 is 60.5 Å². The van der Waals surface area contributed by atoms with Gasteiger partial charge in [-0.05, 0) is 109 Å². The average molecular weight is 780 g/mol. The van der Waals surface area contributed by atoms with Crippen molar-refractivity contribution < 1.29 is 4.42 Å². The van der Waals surface area contributed by atoms with Gasteiger partial charge in [-0.3, -0.25) is 0 Å². The highest BCUT2D eigenvalue weighted by molar-refractivity contribution is 6.16. The SMILES string of the molecule is CC1(C)c2ccccc2-c2ccc(N(c3ccc(-c4cccc5c4oc4ccccc45)cc3)c3cccc(-c4cc5ccccc5c5ccccc45)c3-c3ccccc3)cc21. The topological polar surface area (TPSA) is 16.4 Å². The predicted molar refractivity (Wildman–Crippen MR) is 257 cm³/mol. The summed E-state index contributed by atoms with van der Waals surface area (Å²) in [5.74, 6) is 0. The number of hydrogen-bond donors (Lipinski definition) is 0. The van der Waals surface area contributed by atoms with Gasteiger partial charge in [0.2, 0.25) is 0 Å². The average Bonchev–Trinajstić information content (AvgIpc) is 3.81. The first-order chi connectivity index (χ1) is 30.0. The van der Waals surface area contributed by atoms with Crippen LogP contribution in [0.1, 0.15) is 25.0 Å². The van der Waals surface area contributed by atoms with E-state index in [1.807, 2.05) is 6.07 Å². The van der Waals surface area contributed by atoms with Crippen molar-refractivity contribution in [3.05, 3.63) is 223 Å². The number of hydrogen-bond acceptors (Lipinski definition) is 2. The van der Waals surface area contributed by atoms with Gasteiger partial charge in [-0.1, -0.05) is 184 Å². The molecule has 0 aliphatic heterocycles. The molecule has 0 saturated carbocycles. The standard InChI is InChI=1S/C59H41NO/c1-59(2)53-27-12-10-22-47(53)48-35-34-42(37-54(48)59)60(41-32-30-38(31-33-41)44-24-14-26-51-49-23-11-13-29-56(49)61-58(44)51)55-28-15-25-50(57(55)39-16-4-3-5-17-39)52-36-40-18-6-7-19-43(40)45-20-8-9-21-46(45)52/h3-37H,1-2H3. The van der Waals surface area contributed by atoms with Gasteiger partial charge in [-0.15, -0.1) is 0 Å². The van der Waals surface area contributed by atoms with E-state index < -0.39 is 0 Å². The van der Waals surface area contributed by atoms with Crippen LogP contribution in [-0.4, -0.2) is 0 Å². The maximum absolute atomic E-state index is 6.51. The molecule has 1 aliphatic rings. The lowest BCUT2D eigenvalue weighted by molar-refractivity contribution is 0.660. The van der Waals surface area contributed by atoms with Gasteiger partial charge in [0.05, 0.1) is 5.69 Å². The Morgan fingerprint density at radius 3 is 1.85 bits per heavy atom. The molecule has 0 saturated heterocycles. The van der Waals surface area contributed by atoms with Crippen molar-refractivity contribution in [2.24, 2.45) is 0 Å². The quantitative estimate of drug-likeness (QED) is 0.156. The monoisotopic (exact) mass is 779 g/mol. The molecule has 288 valence electrons. The Balaban J connectivity index is 1.11. The highest BCUT2D eigenvalue weighted by Gasteiger charge is 2.36. The number of anilines is 3. The minimum absolute atomic E-state index is 0.156. The van der Waals surface area contributed by atoms with Gasteiger partial charge in [0.15, 0.2) is 0 Å². The number of fused-ring (bicyclic) bond motifs is 9. The second-order valence-corrected chi connectivity index (χ2v) is 16.8. The molecule has 0 spiro atoms. The van der Waals surface area contributed by atoms with Crippen molar-refractivity contribution in [1.82, 2.24) is 0 Å². The van der Waals surface area contributed by atoms with E-state index in [0.29, 0.717) is 0 Å². The summed E-state index contributed by atoms with van der Waals surface area (Å²) in [4.78, 5) is 2.47. The minimum atomic E-state index is -0.156. The summed E-state index contributed by atoms with van der Waals surface area (Å²) in [5.41, 5.74) is 17.2. The van der Waals surface area contributed by atoms with Crippen LogP contribution >= 0.6 is 0 Å². The fraction of sp³-hybridized carbons (Fsp3) is 0.0508. The van der Waals surface area contributed by atoms with Gasteiger partial charge < -0.3 is 9.32 Å². The largest absolute Gasteiger partial charge is 0.455 e. The fourth-order valence-corrected chi connectivity index (χ4v) is 10.2. The lowest BCUT2D eigenvalue weighted by Gasteiger charge is -2.31. The highest BCUT2D eigenvalue weighted by Crippen LogP contribution is 2.53. The van der Waals surface area contributed by atoms with E-state index in [4.69, 9.17) is 4.42 Å². The third-order valence-electron chi connectivity index (χ3n) is 13.1. The Morgan fingerprint density at radius 2 is 1.00 bits per heavy atom. The minimum Gasteiger partial charge on any atom is -0.455 e. The van der Waals surface area contributed by atoms with E-state index >= 15 is 0 Å². The zero-order valence-corrected chi connectivity index (χ0v) is 34.1. The maximum atomic E-state index is 6.51. The van der Waals surface area contributed by atoms with Crippen LogP contribution in [0.3, 0.4) is 0 Å². The molecule has 0 unspecified atom stereocenters. The number of nitrogens with zero attached hydrogens (tertiary/aromatic N) is 1. The molecule has 0 bridgehead atoms. The number of furan rings is 1. The molecular weight excluding hydrogens is 739 g/mol. The molecule has 11 aromatic rings. The van der Waals surface area contributed by atoms with Crippen LogP contribution in [0.4, 0.5) is 17.1 Å². The van der Waals surface area contributed by atoms with Crippen molar-refractivity contribution in [1.29, 1.82) is 0 Å². The Labute approximate surface area is 355 Å². The van der Waals surface area contributed by atoms with Crippen LogP contribution in [0.2, 0.25) is 0 Å². The summed E-state index contributed by atoms with van der Waals surface area (Å²) in [6, 6.07) is 77.5. The smallest absolute Gasteiger partial charge is 0.143 e. The van der Waals surface area contributed by atoms with Gasteiger partial charge in [-0.2, -0.15) is 0 Å². The molecular formula is C59H41NO. The maximum Gasteiger partial charge on any atom is 0.143 e. The van der Waals surface area contributed by atoms with Crippen molar-refractivity contribution in [2.45, 2.75) is 19.3 Å². The lowest BCUT2D eigenvalue weighted by Crippen LogP contribution is -2.17. The van der Waals surface area contributed by atoms with Crippen molar-refractivity contribution in [3.8, 4) is 44.5 Å². The second kappa shape index (κ2) is 13.7. The van der Waals surface area contributed by atoms with E-state index in [0.717, 1.165) is 55.7 Å². The summed E-state index contributed by atoms with van der Waals surface area (Å²) in [6.07, 6.45) is 0. The third kappa shape index (κ3) is 5.49. The molecule has 1 aromatic heterocycles. The molecule has 2 nitrogen and oxygen atoms in total. The number of para-hydroxylation sites is 2. The van der Waals surface area contributed by atoms with E-state index in [1.165, 1.54) is 60.5 Å². The first-order valence-electron chi connectivity index (χ1n) is 21.2. The third-order valence-corrected chi connectivity index (χ3v) is 13.1. The molecule has 0 atom stereocenters. The zero-order chi connectivity index (χ0) is 40.7. The zero-order valence-electron chi connectivity index (χ0n) is 34.1. The molecule has 0 amide bonds. The first kappa shape index (κ1) is 35.3. The van der Waals surface area contributed by atoms with Gasteiger partial charge in [-0.25, -0.2) is 0 Å². The van der Waals surface area contributed by atoms with Gasteiger partial charge in [0.25, 0.3) is 0 Å².